The summed E-state index contributed by atoms with van der Waals surface area (Å²) in [7, 11) is 0. The van der Waals surface area contributed by atoms with Gasteiger partial charge in [-0.3, -0.25) is 9.59 Å². The average molecular weight is 182 g/mol. The fourth-order valence-electron chi connectivity index (χ4n) is 1.12. The molecule has 0 radical (unpaired) electrons. The molecule has 70 valence electrons. The van der Waals surface area contributed by atoms with E-state index in [0.29, 0.717) is 5.57 Å². The summed E-state index contributed by atoms with van der Waals surface area (Å²) in [5.41, 5.74) is -0.0527. The molecule has 0 aromatic rings. The molecule has 0 bridgehead atoms. The van der Waals surface area contributed by atoms with E-state index in [1.165, 1.54) is 0 Å². The molecule has 0 atom stereocenters. The SMILES string of the molecule is CC(C)(C)C1=CC(=O)C(F)=CC1=O. The van der Waals surface area contributed by atoms with E-state index >= 15 is 0 Å². The Morgan fingerprint density at radius 2 is 1.62 bits per heavy atom. The molecule has 0 heterocycles. The Kier molecular flexibility index (Phi) is 2.20. The minimum atomic E-state index is -0.974. The van der Waals surface area contributed by atoms with E-state index in [4.69, 9.17) is 0 Å². The Hall–Kier alpha value is -1.25. The van der Waals surface area contributed by atoms with Crippen LogP contribution in [0.25, 0.3) is 0 Å². The molecule has 0 amide bonds. The molecule has 3 heteroatoms. The van der Waals surface area contributed by atoms with E-state index in [1.54, 1.807) is 20.8 Å². The second-order valence-corrected chi connectivity index (χ2v) is 4.03. The van der Waals surface area contributed by atoms with Crippen molar-refractivity contribution in [3.63, 3.8) is 0 Å². The van der Waals surface area contributed by atoms with Crippen molar-refractivity contribution in [2.75, 3.05) is 0 Å². The Labute approximate surface area is 76.1 Å². The highest BCUT2D eigenvalue weighted by Crippen LogP contribution is 2.29. The Balaban J connectivity index is 3.11. The fraction of sp³-hybridized carbons (Fsp3) is 0.400. The molecule has 1 rings (SSSR count). The zero-order valence-electron chi connectivity index (χ0n) is 7.85. The van der Waals surface area contributed by atoms with Gasteiger partial charge in [0.15, 0.2) is 11.6 Å². The van der Waals surface area contributed by atoms with Gasteiger partial charge in [0.05, 0.1) is 0 Å². The first kappa shape index (κ1) is 9.84. The highest BCUT2D eigenvalue weighted by Gasteiger charge is 2.28. The van der Waals surface area contributed by atoms with E-state index < -0.39 is 22.8 Å². The van der Waals surface area contributed by atoms with E-state index in [0.717, 1.165) is 12.2 Å². The number of ketones is 2. The molecule has 0 saturated heterocycles. The molecule has 2 nitrogen and oxygen atoms in total. The Morgan fingerprint density at radius 3 is 2.08 bits per heavy atom. The van der Waals surface area contributed by atoms with Gasteiger partial charge >= 0.3 is 0 Å². The summed E-state index contributed by atoms with van der Waals surface area (Å²) < 4.78 is 12.6. The van der Waals surface area contributed by atoms with Gasteiger partial charge in [0, 0.05) is 11.6 Å². The predicted octanol–water partition coefficient (Wildman–Crippen LogP) is 1.96. The minimum absolute atomic E-state index is 0.360. The fourth-order valence-corrected chi connectivity index (χ4v) is 1.12. The van der Waals surface area contributed by atoms with Crippen molar-refractivity contribution in [1.29, 1.82) is 0 Å². The lowest BCUT2D eigenvalue weighted by Crippen LogP contribution is -2.21. The topological polar surface area (TPSA) is 34.1 Å². The zero-order chi connectivity index (χ0) is 10.2. The third kappa shape index (κ3) is 1.91. The van der Waals surface area contributed by atoms with Crippen LogP contribution in [0.1, 0.15) is 20.8 Å². The van der Waals surface area contributed by atoms with Crippen LogP contribution in [-0.4, -0.2) is 11.6 Å². The number of halogens is 1. The van der Waals surface area contributed by atoms with Gasteiger partial charge in [0.25, 0.3) is 0 Å². The number of hydrogen-bond donors (Lipinski definition) is 0. The van der Waals surface area contributed by atoms with Crippen LogP contribution < -0.4 is 0 Å². The maximum absolute atomic E-state index is 12.6. The summed E-state index contributed by atoms with van der Waals surface area (Å²) in [5, 5.41) is 0. The van der Waals surface area contributed by atoms with Gasteiger partial charge in [-0.15, -0.1) is 0 Å². The van der Waals surface area contributed by atoms with Crippen molar-refractivity contribution in [2.24, 2.45) is 5.41 Å². The normalized spacial score (nSPS) is 18.5. The van der Waals surface area contributed by atoms with Gasteiger partial charge in [-0.05, 0) is 11.5 Å². The van der Waals surface area contributed by atoms with Crippen molar-refractivity contribution in [3.05, 3.63) is 23.6 Å². The summed E-state index contributed by atoms with van der Waals surface area (Å²) in [6.45, 7) is 5.42. The van der Waals surface area contributed by atoms with Crippen LogP contribution >= 0.6 is 0 Å². The van der Waals surface area contributed by atoms with Crippen molar-refractivity contribution in [2.45, 2.75) is 20.8 Å². The lowest BCUT2D eigenvalue weighted by Gasteiger charge is -2.22. The molecule has 0 spiro atoms. The highest BCUT2D eigenvalue weighted by atomic mass is 19.1. The van der Waals surface area contributed by atoms with E-state index in [1.807, 2.05) is 0 Å². The van der Waals surface area contributed by atoms with Gasteiger partial charge in [-0.25, -0.2) is 4.39 Å². The van der Waals surface area contributed by atoms with Crippen LogP contribution in [0.4, 0.5) is 4.39 Å². The second-order valence-electron chi connectivity index (χ2n) is 4.03. The molecular formula is C10H11FO2. The van der Waals surface area contributed by atoms with Crippen LogP contribution in [0.2, 0.25) is 0 Å². The standard InChI is InChI=1S/C10H11FO2/c1-10(2,3)6-4-9(13)7(11)5-8(6)12/h4-5H,1-3H3. The molecule has 0 aromatic heterocycles. The molecule has 0 aliphatic heterocycles. The zero-order valence-corrected chi connectivity index (χ0v) is 7.85. The summed E-state index contributed by atoms with van der Waals surface area (Å²) in [5.74, 6) is -2.10. The monoisotopic (exact) mass is 182 g/mol. The molecule has 0 N–H and O–H groups in total. The number of hydrogen-bond acceptors (Lipinski definition) is 2. The molecule has 0 unspecified atom stereocenters. The lowest BCUT2D eigenvalue weighted by atomic mass is 9.81. The summed E-state index contributed by atoms with van der Waals surface area (Å²) in [6.07, 6.45) is 1.83. The van der Waals surface area contributed by atoms with E-state index in [9.17, 15) is 14.0 Å². The van der Waals surface area contributed by atoms with Crippen molar-refractivity contribution < 1.29 is 14.0 Å². The molecule has 0 fully saturated rings. The number of allylic oxidation sites excluding steroid dienone is 4. The quantitative estimate of drug-likeness (QED) is 0.537. The van der Waals surface area contributed by atoms with Gasteiger partial charge in [-0.2, -0.15) is 0 Å². The summed E-state index contributed by atoms with van der Waals surface area (Å²) in [4.78, 5) is 22.2. The summed E-state index contributed by atoms with van der Waals surface area (Å²) >= 11 is 0. The van der Waals surface area contributed by atoms with Crippen molar-refractivity contribution in [3.8, 4) is 0 Å². The highest BCUT2D eigenvalue weighted by molar-refractivity contribution is 6.19. The smallest absolute Gasteiger partial charge is 0.214 e. The average Bonchev–Trinajstić information content (AvgIpc) is 1.94. The van der Waals surface area contributed by atoms with Gasteiger partial charge in [0.1, 0.15) is 0 Å². The number of carbonyl (C=O) groups excluding carboxylic acids is 2. The Morgan fingerprint density at radius 1 is 1.08 bits per heavy atom. The maximum Gasteiger partial charge on any atom is 0.214 e. The van der Waals surface area contributed by atoms with Crippen LogP contribution in [0.3, 0.4) is 0 Å². The third-order valence-corrected chi connectivity index (χ3v) is 1.84. The van der Waals surface area contributed by atoms with Crippen LogP contribution in [-0.2, 0) is 9.59 Å². The molecule has 0 saturated carbocycles. The van der Waals surface area contributed by atoms with Crippen molar-refractivity contribution in [1.82, 2.24) is 0 Å². The number of rotatable bonds is 0. The van der Waals surface area contributed by atoms with Crippen LogP contribution in [0, 0.1) is 5.41 Å². The second kappa shape index (κ2) is 2.91. The first-order valence-electron chi connectivity index (χ1n) is 4.00. The lowest BCUT2D eigenvalue weighted by molar-refractivity contribution is -0.116. The Bertz CT molecular complexity index is 329. The van der Waals surface area contributed by atoms with E-state index in [2.05, 4.69) is 0 Å². The first-order valence-corrected chi connectivity index (χ1v) is 4.00. The van der Waals surface area contributed by atoms with Crippen LogP contribution in [0.5, 0.6) is 0 Å². The largest absolute Gasteiger partial charge is 0.290 e. The van der Waals surface area contributed by atoms with Crippen molar-refractivity contribution >= 4 is 11.6 Å². The van der Waals surface area contributed by atoms with Gasteiger partial charge in [-0.1, -0.05) is 20.8 Å². The van der Waals surface area contributed by atoms with E-state index in [-0.39, 0.29) is 0 Å². The maximum atomic E-state index is 12.6. The van der Waals surface area contributed by atoms with Gasteiger partial charge in [0.2, 0.25) is 5.78 Å². The molecule has 13 heavy (non-hydrogen) atoms. The predicted molar refractivity (Wildman–Crippen MR) is 46.7 cm³/mol. The molecule has 1 aliphatic carbocycles. The molecule has 1 aliphatic rings. The van der Waals surface area contributed by atoms with Gasteiger partial charge < -0.3 is 0 Å². The minimum Gasteiger partial charge on any atom is -0.290 e. The third-order valence-electron chi connectivity index (χ3n) is 1.84. The first-order chi connectivity index (χ1) is 5.82. The summed E-state index contributed by atoms with van der Waals surface area (Å²) in [6, 6.07) is 0. The molecule has 0 aromatic carbocycles. The van der Waals surface area contributed by atoms with Crippen LogP contribution in [0.15, 0.2) is 23.6 Å². The molecular weight excluding hydrogens is 171 g/mol. The number of carbonyl (C=O) groups is 2.